The van der Waals surface area contributed by atoms with Crippen LogP contribution in [0.2, 0.25) is 0 Å². The van der Waals surface area contributed by atoms with Crippen LogP contribution in [0, 0.1) is 6.92 Å². The molecule has 0 saturated heterocycles. The summed E-state index contributed by atoms with van der Waals surface area (Å²) in [6, 6.07) is 9.64. The first-order valence-corrected chi connectivity index (χ1v) is 6.21. The maximum Gasteiger partial charge on any atom is 0.0231 e. The highest BCUT2D eigenvalue weighted by molar-refractivity contribution is 5.21. The molecule has 2 nitrogen and oxygen atoms in total. The van der Waals surface area contributed by atoms with Crippen molar-refractivity contribution in [1.29, 1.82) is 0 Å². The average molecular weight is 218 g/mol. The van der Waals surface area contributed by atoms with Gasteiger partial charge in [0.15, 0.2) is 0 Å². The molecule has 0 aromatic heterocycles. The van der Waals surface area contributed by atoms with E-state index >= 15 is 0 Å². The second-order valence-corrected chi connectivity index (χ2v) is 4.95. The van der Waals surface area contributed by atoms with Gasteiger partial charge < -0.3 is 10.2 Å². The van der Waals surface area contributed by atoms with E-state index in [9.17, 15) is 0 Å². The van der Waals surface area contributed by atoms with Gasteiger partial charge in [-0.2, -0.15) is 0 Å². The van der Waals surface area contributed by atoms with Crippen LogP contribution in [0.4, 0.5) is 0 Å². The largest absolute Gasteiger partial charge is 0.313 e. The van der Waals surface area contributed by atoms with E-state index in [4.69, 9.17) is 0 Å². The first-order chi connectivity index (χ1) is 7.74. The standard InChI is InChI=1S/C14H22N2/c1-12-3-5-13(6-4-12)11-16(2)10-9-15-14-7-8-14/h3-6,14-15H,7-11H2,1-2H3. The third kappa shape index (κ3) is 3.95. The van der Waals surface area contributed by atoms with E-state index in [1.54, 1.807) is 0 Å². The third-order valence-electron chi connectivity index (χ3n) is 3.08. The van der Waals surface area contributed by atoms with E-state index < -0.39 is 0 Å². The van der Waals surface area contributed by atoms with Crippen LogP contribution in [0.1, 0.15) is 24.0 Å². The van der Waals surface area contributed by atoms with Crippen molar-refractivity contribution in [2.24, 2.45) is 0 Å². The highest BCUT2D eigenvalue weighted by Gasteiger charge is 2.19. The van der Waals surface area contributed by atoms with E-state index in [0.29, 0.717) is 0 Å². The van der Waals surface area contributed by atoms with Gasteiger partial charge in [0.2, 0.25) is 0 Å². The molecule has 1 saturated carbocycles. The molecule has 16 heavy (non-hydrogen) atoms. The Labute approximate surface area is 98.7 Å². The zero-order valence-corrected chi connectivity index (χ0v) is 10.4. The smallest absolute Gasteiger partial charge is 0.0231 e. The Kier molecular flexibility index (Phi) is 3.97. The van der Waals surface area contributed by atoms with E-state index in [2.05, 4.69) is 48.5 Å². The molecule has 0 unspecified atom stereocenters. The summed E-state index contributed by atoms with van der Waals surface area (Å²) in [4.78, 5) is 2.38. The van der Waals surface area contributed by atoms with Gasteiger partial charge in [0.1, 0.15) is 0 Å². The minimum atomic E-state index is 0.827. The van der Waals surface area contributed by atoms with Gasteiger partial charge in [0, 0.05) is 25.7 Å². The molecule has 0 spiro atoms. The molecule has 0 aliphatic heterocycles. The SMILES string of the molecule is Cc1ccc(CN(C)CCNC2CC2)cc1. The number of rotatable bonds is 6. The lowest BCUT2D eigenvalue weighted by Crippen LogP contribution is -2.30. The predicted molar refractivity (Wildman–Crippen MR) is 68.5 cm³/mol. The van der Waals surface area contributed by atoms with Gasteiger partial charge in [-0.05, 0) is 32.4 Å². The first-order valence-electron chi connectivity index (χ1n) is 6.21. The second kappa shape index (κ2) is 5.46. The maximum absolute atomic E-state index is 3.54. The fourth-order valence-corrected chi connectivity index (χ4v) is 1.83. The number of benzene rings is 1. The molecule has 1 aliphatic rings. The molecule has 0 heterocycles. The Morgan fingerprint density at radius 1 is 1.25 bits per heavy atom. The maximum atomic E-state index is 3.54. The second-order valence-electron chi connectivity index (χ2n) is 4.95. The minimum Gasteiger partial charge on any atom is -0.313 e. The Balaban J connectivity index is 1.68. The number of hydrogen-bond acceptors (Lipinski definition) is 2. The Hall–Kier alpha value is -0.860. The third-order valence-corrected chi connectivity index (χ3v) is 3.08. The van der Waals surface area contributed by atoms with Crippen molar-refractivity contribution in [2.75, 3.05) is 20.1 Å². The summed E-state index contributed by atoms with van der Waals surface area (Å²) in [5.41, 5.74) is 2.74. The van der Waals surface area contributed by atoms with Gasteiger partial charge in [-0.3, -0.25) is 0 Å². The molecule has 1 N–H and O–H groups in total. The summed E-state index contributed by atoms with van der Waals surface area (Å²) in [6.07, 6.45) is 2.75. The van der Waals surface area contributed by atoms with Crippen molar-refractivity contribution in [3.63, 3.8) is 0 Å². The summed E-state index contributed by atoms with van der Waals surface area (Å²) in [6.45, 7) is 5.43. The molecule has 1 aliphatic carbocycles. The van der Waals surface area contributed by atoms with E-state index in [0.717, 1.165) is 25.7 Å². The van der Waals surface area contributed by atoms with Crippen molar-refractivity contribution in [1.82, 2.24) is 10.2 Å². The number of aryl methyl sites for hydroxylation is 1. The van der Waals surface area contributed by atoms with Crippen LogP contribution in [0.5, 0.6) is 0 Å². The van der Waals surface area contributed by atoms with Crippen LogP contribution in [0.25, 0.3) is 0 Å². The fraction of sp³-hybridized carbons (Fsp3) is 0.571. The highest BCUT2D eigenvalue weighted by atomic mass is 15.1. The summed E-state index contributed by atoms with van der Waals surface area (Å²) >= 11 is 0. The molecule has 1 aromatic rings. The minimum absolute atomic E-state index is 0.827. The van der Waals surface area contributed by atoms with Gasteiger partial charge in [-0.1, -0.05) is 29.8 Å². The van der Waals surface area contributed by atoms with Crippen LogP contribution in [0.15, 0.2) is 24.3 Å². The molecule has 2 heteroatoms. The van der Waals surface area contributed by atoms with Gasteiger partial charge in [-0.25, -0.2) is 0 Å². The zero-order chi connectivity index (χ0) is 11.4. The van der Waals surface area contributed by atoms with Gasteiger partial charge in [-0.15, -0.1) is 0 Å². The summed E-state index contributed by atoms with van der Waals surface area (Å²) in [7, 11) is 2.19. The molecule has 0 bridgehead atoms. The molecule has 88 valence electrons. The van der Waals surface area contributed by atoms with E-state index in [-0.39, 0.29) is 0 Å². The highest BCUT2D eigenvalue weighted by Crippen LogP contribution is 2.18. The van der Waals surface area contributed by atoms with Crippen molar-refractivity contribution in [3.8, 4) is 0 Å². The lowest BCUT2D eigenvalue weighted by Gasteiger charge is -2.17. The topological polar surface area (TPSA) is 15.3 Å². The molecule has 0 radical (unpaired) electrons. The summed E-state index contributed by atoms with van der Waals surface area (Å²) < 4.78 is 0. The van der Waals surface area contributed by atoms with Crippen molar-refractivity contribution >= 4 is 0 Å². The molecular formula is C14H22N2. The van der Waals surface area contributed by atoms with Crippen molar-refractivity contribution < 1.29 is 0 Å². The Morgan fingerprint density at radius 2 is 1.94 bits per heavy atom. The normalized spacial score (nSPS) is 15.7. The molecule has 0 amide bonds. The lowest BCUT2D eigenvalue weighted by atomic mass is 10.1. The number of nitrogens with zero attached hydrogens (tertiary/aromatic N) is 1. The molecule has 0 atom stereocenters. The van der Waals surface area contributed by atoms with E-state index in [1.807, 2.05) is 0 Å². The Bertz CT molecular complexity index is 314. The first kappa shape index (κ1) is 11.6. The number of hydrogen-bond donors (Lipinski definition) is 1. The molecule has 1 aromatic carbocycles. The summed E-state index contributed by atoms with van der Waals surface area (Å²) in [5, 5.41) is 3.54. The van der Waals surface area contributed by atoms with Crippen molar-refractivity contribution in [3.05, 3.63) is 35.4 Å². The zero-order valence-electron chi connectivity index (χ0n) is 10.4. The summed E-state index contributed by atoms with van der Waals surface area (Å²) in [5.74, 6) is 0. The quantitative estimate of drug-likeness (QED) is 0.787. The van der Waals surface area contributed by atoms with Crippen LogP contribution in [-0.2, 0) is 6.54 Å². The van der Waals surface area contributed by atoms with Crippen molar-refractivity contribution in [2.45, 2.75) is 32.4 Å². The van der Waals surface area contributed by atoms with Crippen LogP contribution >= 0.6 is 0 Å². The fourth-order valence-electron chi connectivity index (χ4n) is 1.83. The lowest BCUT2D eigenvalue weighted by molar-refractivity contribution is 0.324. The monoisotopic (exact) mass is 218 g/mol. The predicted octanol–water partition coefficient (Wildman–Crippen LogP) is 2.18. The van der Waals surface area contributed by atoms with Crippen LogP contribution < -0.4 is 5.32 Å². The molecular weight excluding hydrogens is 196 g/mol. The van der Waals surface area contributed by atoms with Crippen LogP contribution in [-0.4, -0.2) is 31.1 Å². The number of likely N-dealkylation sites (N-methyl/N-ethyl adjacent to an activating group) is 1. The average Bonchev–Trinajstić information content (AvgIpc) is 3.05. The van der Waals surface area contributed by atoms with Gasteiger partial charge >= 0.3 is 0 Å². The van der Waals surface area contributed by atoms with Gasteiger partial charge in [0.25, 0.3) is 0 Å². The Morgan fingerprint density at radius 3 is 2.56 bits per heavy atom. The van der Waals surface area contributed by atoms with E-state index in [1.165, 1.54) is 24.0 Å². The van der Waals surface area contributed by atoms with Crippen LogP contribution in [0.3, 0.4) is 0 Å². The number of nitrogens with one attached hydrogen (secondary N) is 1. The molecule has 2 rings (SSSR count). The van der Waals surface area contributed by atoms with Gasteiger partial charge in [0.05, 0.1) is 0 Å². The molecule has 1 fully saturated rings.